The van der Waals surface area contributed by atoms with Crippen LogP contribution in [0.1, 0.15) is 0 Å². The molecule has 0 unspecified atom stereocenters. The number of rotatable bonds is 3. The molecule has 13 nitrogen and oxygen atoms in total. The maximum Gasteiger partial charge on any atom is 0.374 e. The van der Waals surface area contributed by atoms with Crippen LogP contribution in [0.5, 0.6) is 0 Å². The molecule has 13 heteroatoms. The van der Waals surface area contributed by atoms with Gasteiger partial charge in [0.05, 0.1) is 133 Å². The fraction of sp³-hybridized carbons (Fsp3) is 0. The lowest BCUT2D eigenvalue weighted by atomic mass is 10.0. The SMILES string of the molecule is [C-]#[N+]c1nc(-n2c3cc4ccccc4cc3c3c4c5ccccc5n5c6ccccc6c(cc32)c45)c2ccccc2n1.c1ccc2cc3c(cc2c1)c1c2c4ccccc4n4c5ccccc5c(cc1n3-c1ccc3c5c(cccc15)-c1nc5ccccc5nc1-3)c24.c1ccc2cc3c(cc2c1)c1c2c4ccccc4n4c5ccccc5c(cc1n3-c1ccc3c5c(cccc15)-c1nccnc1-3)c24. The second-order valence-corrected chi connectivity index (χ2v) is 37.3. The molecular weight excluding hydrogens is 1680 g/mol. The summed E-state index contributed by atoms with van der Waals surface area (Å²) >= 11 is 0. The van der Waals surface area contributed by atoms with Crippen molar-refractivity contribution in [3.8, 4) is 62.2 Å². The van der Waals surface area contributed by atoms with Crippen molar-refractivity contribution in [2.45, 2.75) is 0 Å². The van der Waals surface area contributed by atoms with Crippen LogP contribution < -0.4 is 0 Å². The van der Waals surface area contributed by atoms with Gasteiger partial charge in [-0.3, -0.25) is 14.5 Å². The lowest BCUT2D eigenvalue weighted by Gasteiger charge is -2.13. The number of hydrogen-bond donors (Lipinski definition) is 0. The van der Waals surface area contributed by atoms with Gasteiger partial charge < -0.3 is 27.2 Å². The van der Waals surface area contributed by atoms with Gasteiger partial charge in [-0.1, -0.05) is 243 Å². The van der Waals surface area contributed by atoms with E-state index in [1.807, 2.05) is 30.3 Å². The molecule has 0 spiro atoms. The average molecular weight is 1750 g/mol. The normalized spacial score (nSPS) is 12.6. The molecular formula is C125H65N13. The van der Waals surface area contributed by atoms with Crippen LogP contribution in [0.3, 0.4) is 0 Å². The lowest BCUT2D eigenvalue weighted by molar-refractivity contribution is 1.09. The van der Waals surface area contributed by atoms with E-state index in [0.29, 0.717) is 0 Å². The highest BCUT2D eigenvalue weighted by Crippen LogP contribution is 2.56. The van der Waals surface area contributed by atoms with Crippen LogP contribution in [0.4, 0.5) is 5.95 Å². The summed E-state index contributed by atoms with van der Waals surface area (Å²) in [6.45, 7) is 7.79. The summed E-state index contributed by atoms with van der Waals surface area (Å²) in [4.78, 5) is 32.9. The number of para-hydroxylation sites is 9. The molecule has 0 saturated carbocycles. The van der Waals surface area contributed by atoms with Crippen molar-refractivity contribution in [3.63, 3.8) is 0 Å². The van der Waals surface area contributed by atoms with E-state index in [0.717, 1.165) is 89.2 Å². The zero-order chi connectivity index (χ0) is 89.4. The molecule has 33 aromatic rings. The highest BCUT2D eigenvalue weighted by Gasteiger charge is 2.34. The monoisotopic (exact) mass is 1750 g/mol. The Kier molecular flexibility index (Phi) is 13.8. The van der Waals surface area contributed by atoms with Gasteiger partial charge in [-0.05, 0) is 172 Å². The Morgan fingerprint density at radius 2 is 0.507 bits per heavy atom. The summed E-state index contributed by atoms with van der Waals surface area (Å²) in [6.07, 6.45) is 3.59. The first-order valence-corrected chi connectivity index (χ1v) is 46.9. The van der Waals surface area contributed by atoms with Gasteiger partial charge in [0.2, 0.25) is 5.82 Å². The zero-order valence-corrected chi connectivity index (χ0v) is 73.3. The smallest absolute Gasteiger partial charge is 0.374 e. The molecule has 138 heavy (non-hydrogen) atoms. The molecule has 0 amide bonds. The first-order valence-electron chi connectivity index (χ1n) is 46.9. The molecule has 0 atom stereocenters. The summed E-state index contributed by atoms with van der Waals surface area (Å²) in [7, 11) is 0. The van der Waals surface area contributed by atoms with E-state index >= 15 is 0 Å². The van der Waals surface area contributed by atoms with Crippen LogP contribution in [0, 0.1) is 6.57 Å². The van der Waals surface area contributed by atoms with E-state index < -0.39 is 0 Å². The van der Waals surface area contributed by atoms with Crippen LogP contribution in [0.2, 0.25) is 0 Å². The van der Waals surface area contributed by atoms with Gasteiger partial charge >= 0.3 is 5.95 Å². The van der Waals surface area contributed by atoms with Gasteiger partial charge in [0.15, 0.2) is 0 Å². The molecule has 630 valence electrons. The van der Waals surface area contributed by atoms with E-state index in [4.69, 9.17) is 31.5 Å². The first kappa shape index (κ1) is 72.6. The fourth-order valence-electron chi connectivity index (χ4n) is 25.2. The maximum atomic E-state index is 7.79. The fourth-order valence-corrected chi connectivity index (χ4v) is 25.2. The van der Waals surface area contributed by atoms with Gasteiger partial charge in [-0.2, -0.15) is 0 Å². The van der Waals surface area contributed by atoms with Gasteiger partial charge in [0, 0.05) is 153 Å². The third kappa shape index (κ3) is 9.22. The Morgan fingerprint density at radius 3 is 0.913 bits per heavy atom. The molecule has 2 aliphatic carbocycles. The predicted molar refractivity (Wildman–Crippen MR) is 571 cm³/mol. The Labute approximate surface area is 781 Å². The summed E-state index contributed by atoms with van der Waals surface area (Å²) in [5.41, 5.74) is 31.7. The number of aromatic nitrogens is 12. The molecule has 0 radical (unpaired) electrons. The summed E-state index contributed by atoms with van der Waals surface area (Å²) in [5.74, 6) is 0.871. The molecule has 2 aliphatic rings. The van der Waals surface area contributed by atoms with E-state index in [9.17, 15) is 0 Å². The van der Waals surface area contributed by atoms with Gasteiger partial charge in [0.25, 0.3) is 0 Å². The largest absolute Gasteiger partial charge is 0.394 e. The van der Waals surface area contributed by atoms with Crippen LogP contribution in [-0.4, -0.2) is 56.8 Å². The van der Waals surface area contributed by atoms with Crippen molar-refractivity contribution >= 4 is 261 Å². The number of hydrogen-bond acceptors (Lipinski definition) is 6. The third-order valence-corrected chi connectivity index (χ3v) is 30.6. The summed E-state index contributed by atoms with van der Waals surface area (Å²) in [5, 5.41) is 35.9. The van der Waals surface area contributed by atoms with E-state index in [1.165, 1.54) is 229 Å². The van der Waals surface area contributed by atoms with Crippen molar-refractivity contribution < 1.29 is 0 Å². The lowest BCUT2D eigenvalue weighted by Crippen LogP contribution is -2.00. The van der Waals surface area contributed by atoms with Crippen molar-refractivity contribution in [2.24, 2.45) is 0 Å². The van der Waals surface area contributed by atoms with Crippen molar-refractivity contribution in [1.29, 1.82) is 0 Å². The van der Waals surface area contributed by atoms with Crippen molar-refractivity contribution in [1.82, 2.24) is 56.8 Å². The molecule has 21 aromatic carbocycles. The van der Waals surface area contributed by atoms with Gasteiger partial charge in [-0.15, -0.1) is 16.5 Å². The third-order valence-electron chi connectivity index (χ3n) is 30.6. The minimum Gasteiger partial charge on any atom is -0.394 e. The number of fused-ring (bicyclic) bond motifs is 41. The standard InChI is InChI=1S/C46H24N4.C42H22N4.C37H19N5/c1-2-11-26-23-39-33(22-25(26)10-1)42-40(24-32-27-12-3-7-18-36(27)50-37-19-8-4-13-29(37)43(42)46(32)50)49(39)38-21-20-31-41-28(38)14-9-15-30(41)44-45(31)48-35-17-6-5-16-34(35)47-44;1-2-9-24-21-35-31(20-23(24)8-1)38-36(22-30-25-10-3-5-14-32(25)46-33-15-6-4-11-27(33)39(38)42(30)46)45(35)34-17-16-29-37-26(34)12-7-13-28(37)40-41(29)44-19-18-43-40;1-38-37-39-28-15-7-4-13-24(28)36(40-37)42-31-19-22-11-3-2-10-21(22)18-27(31)33-32(42)20-26-23-12-5-8-16-29(23)41-30-17-9-6-14-25(30)34(33)35(26)41/h1-24H;1-22H;2-20H. The highest BCUT2D eigenvalue weighted by molar-refractivity contribution is 6.41. The van der Waals surface area contributed by atoms with Gasteiger partial charge in [-0.25, -0.2) is 9.97 Å². The van der Waals surface area contributed by atoms with Crippen LogP contribution in [0.15, 0.2) is 395 Å². The average Bonchev–Trinajstić information content (AvgIpc) is 1.52. The Balaban J connectivity index is 0.0000000928. The first-order chi connectivity index (χ1) is 68.5. The van der Waals surface area contributed by atoms with Crippen LogP contribution >= 0.6 is 0 Å². The van der Waals surface area contributed by atoms with E-state index in [-0.39, 0.29) is 5.95 Å². The molecule has 0 N–H and O–H groups in total. The van der Waals surface area contributed by atoms with E-state index in [2.05, 4.69) is 389 Å². The van der Waals surface area contributed by atoms with E-state index in [1.54, 1.807) is 12.4 Å². The minimum absolute atomic E-state index is 0.145. The van der Waals surface area contributed by atoms with Gasteiger partial charge in [0.1, 0.15) is 5.52 Å². The second kappa shape index (κ2) is 26.2. The Hall–Kier alpha value is -19.0. The number of benzene rings is 21. The molecule has 0 fully saturated rings. The minimum atomic E-state index is 0.145. The molecule has 12 aromatic heterocycles. The zero-order valence-electron chi connectivity index (χ0n) is 73.3. The number of nitrogens with zero attached hydrogens (tertiary/aromatic N) is 13. The summed E-state index contributed by atoms with van der Waals surface area (Å²) < 4.78 is 14.7. The Bertz CT molecular complexity index is 11400. The van der Waals surface area contributed by atoms with Crippen LogP contribution in [0.25, 0.3) is 323 Å². The molecule has 35 rings (SSSR count). The molecule has 12 heterocycles. The van der Waals surface area contributed by atoms with Crippen molar-refractivity contribution in [2.75, 3.05) is 0 Å². The van der Waals surface area contributed by atoms with Crippen molar-refractivity contribution in [3.05, 3.63) is 406 Å². The maximum absolute atomic E-state index is 7.79. The topological polar surface area (TPSA) is 110 Å². The summed E-state index contributed by atoms with van der Waals surface area (Å²) in [6, 6.07) is 139. The van der Waals surface area contributed by atoms with Crippen LogP contribution in [-0.2, 0) is 0 Å². The molecule has 0 saturated heterocycles. The molecule has 0 aliphatic heterocycles. The quantitative estimate of drug-likeness (QED) is 0.163. The predicted octanol–water partition coefficient (Wildman–Crippen LogP) is 32.1. The highest BCUT2D eigenvalue weighted by atomic mass is 15.1. The Morgan fingerprint density at radius 1 is 0.196 bits per heavy atom. The molecule has 0 bridgehead atoms. The second-order valence-electron chi connectivity index (χ2n) is 37.3.